The molecule has 8 aliphatic carbocycles. The van der Waals surface area contributed by atoms with Gasteiger partial charge >= 0.3 is 0 Å². The van der Waals surface area contributed by atoms with Crippen LogP contribution in [-0.2, 0) is 10.8 Å². The van der Waals surface area contributed by atoms with Gasteiger partial charge in [0.05, 0.1) is 0 Å². The second-order valence-corrected chi connectivity index (χ2v) is 13.4. The molecule has 0 saturated heterocycles. The Balaban J connectivity index is 1.40. The molecule has 168 valence electrons. The first-order valence-corrected chi connectivity index (χ1v) is 13.5. The molecule has 8 aliphatic rings. The highest BCUT2D eigenvalue weighted by atomic mass is 16.3. The normalized spacial score (nSPS) is 45.8. The van der Waals surface area contributed by atoms with Crippen LogP contribution < -0.4 is 0 Å². The zero-order valence-corrected chi connectivity index (χ0v) is 19.2. The molecule has 0 aromatic heterocycles. The molecule has 10 rings (SSSR count). The van der Waals surface area contributed by atoms with Gasteiger partial charge in [-0.15, -0.1) is 0 Å². The number of aromatic hydroxyl groups is 2. The van der Waals surface area contributed by atoms with Gasteiger partial charge in [0.15, 0.2) is 0 Å². The maximum atomic E-state index is 11.3. The minimum Gasteiger partial charge on any atom is -0.508 e. The van der Waals surface area contributed by atoms with Crippen molar-refractivity contribution in [2.24, 2.45) is 35.5 Å². The summed E-state index contributed by atoms with van der Waals surface area (Å²) in [5.41, 5.74) is 3.77. The van der Waals surface area contributed by atoms with Crippen LogP contribution in [-0.4, -0.2) is 10.2 Å². The largest absolute Gasteiger partial charge is 0.508 e. The van der Waals surface area contributed by atoms with Gasteiger partial charge in [-0.25, -0.2) is 0 Å². The van der Waals surface area contributed by atoms with Crippen LogP contribution in [0.5, 0.6) is 11.5 Å². The number of phenols is 2. The van der Waals surface area contributed by atoms with Gasteiger partial charge in [-0.3, -0.25) is 0 Å². The van der Waals surface area contributed by atoms with Crippen LogP contribution in [0.25, 0.3) is 10.8 Å². The molecule has 0 amide bonds. The van der Waals surface area contributed by atoms with Crippen molar-refractivity contribution in [3.63, 3.8) is 0 Å². The van der Waals surface area contributed by atoms with Crippen LogP contribution in [0, 0.1) is 35.5 Å². The van der Waals surface area contributed by atoms with Gasteiger partial charge < -0.3 is 10.2 Å². The van der Waals surface area contributed by atoms with Crippen LogP contribution in [0.4, 0.5) is 0 Å². The highest BCUT2D eigenvalue weighted by Crippen LogP contribution is 2.66. The second kappa shape index (κ2) is 6.05. The van der Waals surface area contributed by atoms with Gasteiger partial charge in [0.25, 0.3) is 0 Å². The summed E-state index contributed by atoms with van der Waals surface area (Å²) in [5, 5.41) is 23.7. The highest BCUT2D eigenvalue weighted by Gasteiger charge is 2.57. The van der Waals surface area contributed by atoms with E-state index in [9.17, 15) is 10.2 Å². The number of phenolic OH excluding ortho intramolecular Hbond substituents is 2. The summed E-state index contributed by atoms with van der Waals surface area (Å²) in [6.45, 7) is 0. The Morgan fingerprint density at radius 2 is 1.06 bits per heavy atom. The summed E-state index contributed by atoms with van der Waals surface area (Å²) in [6, 6.07) is 8.20. The van der Waals surface area contributed by atoms with Gasteiger partial charge in [0, 0.05) is 11.5 Å². The third-order valence-electron chi connectivity index (χ3n) is 11.3. The Labute approximate surface area is 191 Å². The summed E-state index contributed by atoms with van der Waals surface area (Å²) >= 11 is 0. The molecule has 0 spiro atoms. The van der Waals surface area contributed by atoms with E-state index in [-0.39, 0.29) is 11.2 Å². The van der Waals surface area contributed by atoms with Crippen LogP contribution in [0.3, 0.4) is 0 Å². The minimum absolute atomic E-state index is 0.189. The number of rotatable bonds is 2. The van der Waals surface area contributed by atoms with Crippen LogP contribution >= 0.6 is 0 Å². The first kappa shape index (κ1) is 18.7. The molecule has 0 aliphatic heterocycles. The second-order valence-electron chi connectivity index (χ2n) is 13.4. The van der Waals surface area contributed by atoms with E-state index in [0.29, 0.717) is 11.2 Å². The van der Waals surface area contributed by atoms with Crippen molar-refractivity contribution in [3.05, 3.63) is 35.4 Å². The van der Waals surface area contributed by atoms with Gasteiger partial charge in [0.1, 0.15) is 11.5 Å². The number of benzene rings is 2. The van der Waals surface area contributed by atoms with E-state index in [1.165, 1.54) is 77.0 Å². The average Bonchev–Trinajstić information content (AvgIpc) is 2.71. The lowest BCUT2D eigenvalue weighted by atomic mass is 9.44. The van der Waals surface area contributed by atoms with Crippen molar-refractivity contribution in [2.45, 2.75) is 87.9 Å². The summed E-state index contributed by atoms with van der Waals surface area (Å²) in [4.78, 5) is 0. The van der Waals surface area contributed by atoms with Crippen molar-refractivity contribution in [2.75, 3.05) is 0 Å². The lowest BCUT2D eigenvalue weighted by Crippen LogP contribution is -2.52. The van der Waals surface area contributed by atoms with E-state index < -0.39 is 0 Å². The fourth-order valence-corrected chi connectivity index (χ4v) is 11.3. The Kier molecular flexibility index (Phi) is 3.53. The van der Waals surface area contributed by atoms with E-state index in [1.807, 2.05) is 6.07 Å². The zero-order valence-electron chi connectivity index (χ0n) is 19.2. The fourth-order valence-electron chi connectivity index (χ4n) is 11.3. The Bertz CT molecular complexity index is 1060. The van der Waals surface area contributed by atoms with Gasteiger partial charge in [0.2, 0.25) is 0 Å². The van der Waals surface area contributed by atoms with Gasteiger partial charge in [-0.05, 0) is 146 Å². The summed E-state index contributed by atoms with van der Waals surface area (Å²) in [5.74, 6) is 5.95. The maximum Gasteiger partial charge on any atom is 0.127 e. The van der Waals surface area contributed by atoms with Crippen LogP contribution in [0.15, 0.2) is 24.3 Å². The maximum absolute atomic E-state index is 11.3. The van der Waals surface area contributed by atoms with Crippen molar-refractivity contribution in [3.8, 4) is 11.5 Å². The molecule has 0 atom stereocenters. The lowest BCUT2D eigenvalue weighted by molar-refractivity contribution is -0.0169. The Hall–Kier alpha value is -1.70. The molecule has 0 radical (unpaired) electrons. The molecule has 2 aromatic carbocycles. The SMILES string of the molecule is Oc1cc(O)c2c(C34CC5CC(CC(C5)C3)C4)c(C34CC5CC(CC(C5)C3)C4)ccc2c1. The smallest absolute Gasteiger partial charge is 0.127 e. The molecule has 2 nitrogen and oxygen atoms in total. The zero-order chi connectivity index (χ0) is 21.2. The lowest BCUT2D eigenvalue weighted by Gasteiger charge is -2.61. The molecule has 0 unspecified atom stereocenters. The number of hydrogen-bond donors (Lipinski definition) is 2. The number of hydrogen-bond acceptors (Lipinski definition) is 2. The summed E-state index contributed by atoms with van der Waals surface area (Å²) < 4.78 is 0. The van der Waals surface area contributed by atoms with E-state index in [4.69, 9.17) is 0 Å². The van der Waals surface area contributed by atoms with Crippen molar-refractivity contribution in [1.29, 1.82) is 0 Å². The first-order valence-electron chi connectivity index (χ1n) is 13.5. The predicted molar refractivity (Wildman–Crippen MR) is 127 cm³/mol. The van der Waals surface area contributed by atoms with E-state index in [0.717, 1.165) is 46.3 Å². The van der Waals surface area contributed by atoms with Crippen LogP contribution in [0.2, 0.25) is 0 Å². The first-order chi connectivity index (χ1) is 15.5. The monoisotopic (exact) mass is 428 g/mol. The third kappa shape index (κ3) is 2.42. The Morgan fingerprint density at radius 1 is 0.594 bits per heavy atom. The van der Waals surface area contributed by atoms with Crippen LogP contribution in [0.1, 0.15) is 88.2 Å². The standard InChI is InChI=1S/C30H36O2/c31-24-9-23-1-2-25(29-11-17-3-18(12-29)5-19(4-17)13-29)28(27(23)26(32)10-24)30-14-20-6-21(15-30)8-22(7-20)16-30/h1-2,9-10,17-22,31-32H,3-8,11-16H2. The van der Waals surface area contributed by atoms with Crippen molar-refractivity contribution >= 4 is 10.8 Å². The van der Waals surface area contributed by atoms with E-state index >= 15 is 0 Å². The topological polar surface area (TPSA) is 40.5 Å². The molecule has 0 heterocycles. The highest BCUT2D eigenvalue weighted by molar-refractivity contribution is 5.94. The predicted octanol–water partition coefficient (Wildman–Crippen LogP) is 7.19. The molecule has 8 saturated carbocycles. The van der Waals surface area contributed by atoms with Crippen molar-refractivity contribution < 1.29 is 10.2 Å². The molecule has 8 fully saturated rings. The summed E-state index contributed by atoms with van der Waals surface area (Å²) in [6.07, 6.45) is 16.9. The quantitative estimate of drug-likeness (QED) is 0.531. The van der Waals surface area contributed by atoms with Gasteiger partial charge in [-0.2, -0.15) is 0 Å². The molecule has 32 heavy (non-hydrogen) atoms. The Morgan fingerprint density at radius 3 is 1.56 bits per heavy atom. The molecule has 2 N–H and O–H groups in total. The molecule has 2 aromatic rings. The minimum atomic E-state index is 0.189. The summed E-state index contributed by atoms with van der Waals surface area (Å²) in [7, 11) is 0. The number of fused-ring (bicyclic) bond motifs is 1. The van der Waals surface area contributed by atoms with Gasteiger partial charge in [-0.1, -0.05) is 12.1 Å². The van der Waals surface area contributed by atoms with E-state index in [1.54, 1.807) is 17.2 Å². The molecule has 8 bridgehead atoms. The van der Waals surface area contributed by atoms with Crippen molar-refractivity contribution in [1.82, 2.24) is 0 Å². The third-order valence-corrected chi connectivity index (χ3v) is 11.3. The fraction of sp³-hybridized carbons (Fsp3) is 0.667. The van der Waals surface area contributed by atoms with E-state index in [2.05, 4.69) is 12.1 Å². The molecule has 2 heteroatoms. The molecular weight excluding hydrogens is 392 g/mol. The average molecular weight is 429 g/mol. The molecular formula is C30H36O2.